The number of hydrogen-bond donors (Lipinski definition) is 1. The van der Waals surface area contributed by atoms with Gasteiger partial charge in [-0.1, -0.05) is 30.3 Å². The summed E-state index contributed by atoms with van der Waals surface area (Å²) >= 11 is 0. The van der Waals surface area contributed by atoms with E-state index >= 15 is 0 Å². The van der Waals surface area contributed by atoms with Gasteiger partial charge in [-0.25, -0.2) is 0 Å². The van der Waals surface area contributed by atoms with Gasteiger partial charge in [-0.2, -0.15) is 15.5 Å². The summed E-state index contributed by atoms with van der Waals surface area (Å²) in [6, 6.07) is 13.1. The molecule has 0 atom stereocenters. The first-order valence-electron chi connectivity index (χ1n) is 5.46. The highest BCUT2D eigenvalue weighted by Gasteiger charge is 2.20. The third-order valence-corrected chi connectivity index (χ3v) is 2.67. The van der Waals surface area contributed by atoms with Crippen LogP contribution in [0, 0.1) is 22.7 Å². The zero-order chi connectivity index (χ0) is 13.8. The molecule has 0 bridgehead atoms. The Balaban J connectivity index is 2.88. The number of benzene rings is 1. The Morgan fingerprint density at radius 1 is 1.11 bits per heavy atom. The van der Waals surface area contributed by atoms with E-state index in [2.05, 4.69) is 4.98 Å². The van der Waals surface area contributed by atoms with Crippen LogP contribution in [-0.4, -0.2) is 12.1 Å². The third-order valence-electron chi connectivity index (χ3n) is 2.67. The second-order valence-electron chi connectivity index (χ2n) is 3.72. The van der Waals surface area contributed by atoms with E-state index in [-0.39, 0.29) is 22.8 Å². The Hall–Kier alpha value is -3.05. The van der Waals surface area contributed by atoms with E-state index in [9.17, 15) is 10.5 Å². The molecule has 5 heteroatoms. The van der Waals surface area contributed by atoms with Crippen LogP contribution in [0.25, 0.3) is 11.1 Å². The standard InChI is InChI=1S/C14H10N4O/c1-19-14-11(8-16)12(9-5-3-2-4-6-9)10(7-15)13(17)18-14/h2-6H,1H3,(H2,17,18). The molecule has 0 unspecified atom stereocenters. The van der Waals surface area contributed by atoms with Gasteiger partial charge in [-0.05, 0) is 5.56 Å². The summed E-state index contributed by atoms with van der Waals surface area (Å²) in [7, 11) is 1.41. The monoisotopic (exact) mass is 250 g/mol. The number of pyridine rings is 1. The van der Waals surface area contributed by atoms with Gasteiger partial charge in [0.05, 0.1) is 7.11 Å². The topological polar surface area (TPSA) is 95.7 Å². The van der Waals surface area contributed by atoms with E-state index in [1.54, 1.807) is 12.1 Å². The Morgan fingerprint density at radius 3 is 2.26 bits per heavy atom. The van der Waals surface area contributed by atoms with Crippen LogP contribution in [-0.2, 0) is 0 Å². The van der Waals surface area contributed by atoms with Crippen molar-refractivity contribution >= 4 is 5.82 Å². The number of ether oxygens (including phenoxy) is 1. The lowest BCUT2D eigenvalue weighted by molar-refractivity contribution is 0.397. The number of nitriles is 2. The lowest BCUT2D eigenvalue weighted by Gasteiger charge is -2.11. The number of nitrogens with zero attached hydrogens (tertiary/aromatic N) is 3. The Bertz CT molecular complexity index is 696. The minimum atomic E-state index is 0.0530. The van der Waals surface area contributed by atoms with Crippen LogP contribution in [0.4, 0.5) is 5.82 Å². The Labute approximate surface area is 110 Å². The molecule has 0 aliphatic carbocycles. The van der Waals surface area contributed by atoms with Crippen molar-refractivity contribution in [3.05, 3.63) is 41.5 Å². The van der Waals surface area contributed by atoms with Crippen molar-refractivity contribution in [1.82, 2.24) is 4.98 Å². The molecule has 0 aliphatic heterocycles. The fourth-order valence-electron chi connectivity index (χ4n) is 1.84. The summed E-state index contributed by atoms with van der Waals surface area (Å²) in [6.45, 7) is 0. The van der Waals surface area contributed by atoms with Crippen molar-refractivity contribution in [1.29, 1.82) is 10.5 Å². The number of hydrogen-bond acceptors (Lipinski definition) is 5. The summed E-state index contributed by atoms with van der Waals surface area (Å²) < 4.78 is 5.06. The van der Waals surface area contributed by atoms with E-state index in [0.29, 0.717) is 5.56 Å². The van der Waals surface area contributed by atoms with E-state index in [4.69, 9.17) is 10.5 Å². The normalized spacial score (nSPS) is 9.42. The number of nitrogens with two attached hydrogens (primary N) is 1. The lowest BCUT2D eigenvalue weighted by atomic mass is 9.96. The molecule has 0 radical (unpaired) electrons. The molecule has 92 valence electrons. The minimum absolute atomic E-state index is 0.0530. The van der Waals surface area contributed by atoms with E-state index in [1.165, 1.54) is 7.11 Å². The average molecular weight is 250 g/mol. The highest BCUT2D eigenvalue weighted by molar-refractivity contribution is 5.82. The molecule has 0 amide bonds. The summed E-state index contributed by atoms with van der Waals surface area (Å²) in [5.74, 6) is 0.176. The number of anilines is 1. The van der Waals surface area contributed by atoms with Crippen LogP contribution < -0.4 is 10.5 Å². The van der Waals surface area contributed by atoms with Gasteiger partial charge < -0.3 is 10.5 Å². The highest BCUT2D eigenvalue weighted by atomic mass is 16.5. The van der Waals surface area contributed by atoms with Gasteiger partial charge in [0, 0.05) is 5.56 Å². The third kappa shape index (κ3) is 2.05. The van der Waals surface area contributed by atoms with Crippen LogP contribution in [0.3, 0.4) is 0 Å². The van der Waals surface area contributed by atoms with Gasteiger partial charge in [-0.15, -0.1) is 0 Å². The maximum absolute atomic E-state index is 9.28. The zero-order valence-electron chi connectivity index (χ0n) is 10.2. The van der Waals surface area contributed by atoms with Gasteiger partial charge in [-0.3, -0.25) is 0 Å². The molecule has 0 fully saturated rings. The molecule has 5 nitrogen and oxygen atoms in total. The van der Waals surface area contributed by atoms with Crippen LogP contribution in [0.5, 0.6) is 5.88 Å². The van der Waals surface area contributed by atoms with Crippen molar-refractivity contribution < 1.29 is 4.74 Å². The van der Waals surface area contributed by atoms with Crippen molar-refractivity contribution in [2.24, 2.45) is 0 Å². The quantitative estimate of drug-likeness (QED) is 0.880. The van der Waals surface area contributed by atoms with Crippen molar-refractivity contribution in [3.8, 4) is 29.1 Å². The van der Waals surface area contributed by atoms with E-state index in [0.717, 1.165) is 5.56 Å². The number of nitrogen functional groups attached to an aromatic ring is 1. The molecule has 19 heavy (non-hydrogen) atoms. The predicted molar refractivity (Wildman–Crippen MR) is 70.1 cm³/mol. The highest BCUT2D eigenvalue weighted by Crippen LogP contribution is 2.34. The van der Waals surface area contributed by atoms with Crippen LogP contribution >= 0.6 is 0 Å². The van der Waals surface area contributed by atoms with Crippen molar-refractivity contribution in [2.75, 3.05) is 12.8 Å². The minimum Gasteiger partial charge on any atom is -0.480 e. The first-order valence-corrected chi connectivity index (χ1v) is 5.46. The van der Waals surface area contributed by atoms with Gasteiger partial charge in [0.1, 0.15) is 29.1 Å². The molecule has 0 aliphatic rings. The predicted octanol–water partition coefficient (Wildman–Crippen LogP) is 2.08. The molecule has 2 rings (SSSR count). The molecule has 1 aromatic carbocycles. The number of rotatable bonds is 2. The van der Waals surface area contributed by atoms with E-state index < -0.39 is 0 Å². The SMILES string of the molecule is COc1nc(N)c(C#N)c(-c2ccccc2)c1C#N. The summed E-state index contributed by atoms with van der Waals surface area (Å²) in [5.41, 5.74) is 7.32. The van der Waals surface area contributed by atoms with Gasteiger partial charge in [0.2, 0.25) is 5.88 Å². The molecular formula is C14H10N4O. The van der Waals surface area contributed by atoms with Crippen LogP contribution in [0.2, 0.25) is 0 Å². The largest absolute Gasteiger partial charge is 0.480 e. The van der Waals surface area contributed by atoms with Crippen molar-refractivity contribution in [2.45, 2.75) is 0 Å². The van der Waals surface area contributed by atoms with Crippen molar-refractivity contribution in [3.63, 3.8) is 0 Å². The summed E-state index contributed by atoms with van der Waals surface area (Å²) in [4.78, 5) is 3.93. The average Bonchev–Trinajstić information content (AvgIpc) is 2.46. The molecule has 0 saturated carbocycles. The van der Waals surface area contributed by atoms with Crippen LogP contribution in [0.1, 0.15) is 11.1 Å². The van der Waals surface area contributed by atoms with Crippen LogP contribution in [0.15, 0.2) is 30.3 Å². The van der Waals surface area contributed by atoms with Gasteiger partial charge in [0.15, 0.2) is 0 Å². The molecule has 2 aromatic rings. The molecule has 0 saturated heterocycles. The van der Waals surface area contributed by atoms with Gasteiger partial charge >= 0.3 is 0 Å². The Kier molecular flexibility index (Phi) is 3.31. The molecule has 1 heterocycles. The van der Waals surface area contributed by atoms with E-state index in [1.807, 2.05) is 30.3 Å². The molecule has 1 aromatic heterocycles. The fourth-order valence-corrected chi connectivity index (χ4v) is 1.84. The first-order chi connectivity index (χ1) is 9.22. The zero-order valence-corrected chi connectivity index (χ0v) is 10.2. The van der Waals surface area contributed by atoms with Gasteiger partial charge in [0.25, 0.3) is 0 Å². The first kappa shape index (κ1) is 12.4. The lowest BCUT2D eigenvalue weighted by Crippen LogP contribution is -2.04. The Morgan fingerprint density at radius 2 is 1.74 bits per heavy atom. The second-order valence-corrected chi connectivity index (χ2v) is 3.72. The summed E-state index contributed by atoms with van der Waals surface area (Å²) in [5, 5.41) is 18.5. The second kappa shape index (κ2) is 5.07. The maximum atomic E-state index is 9.28. The molecular weight excluding hydrogens is 240 g/mol. The molecule has 0 spiro atoms. The number of aromatic nitrogens is 1. The fraction of sp³-hybridized carbons (Fsp3) is 0.0714. The number of methoxy groups -OCH3 is 1. The summed E-state index contributed by atoms with van der Waals surface area (Å²) in [6.07, 6.45) is 0. The maximum Gasteiger partial charge on any atom is 0.234 e. The molecule has 2 N–H and O–H groups in total. The smallest absolute Gasteiger partial charge is 0.234 e.